The van der Waals surface area contributed by atoms with Crippen molar-refractivity contribution in [2.24, 2.45) is 0 Å². The standard InChI is InChI=1S/C21H21N3O5/c1-29-19-7-3-2-6-16(19)14-18(21(26)23-12-4-5-13-23)22-20(25)15-8-10-17(11-9-15)24(27)28/h2-3,6-11,14H,4-5,12-13H2,1H3,(H,22,25)/b18-14+. The lowest BCUT2D eigenvalue weighted by Crippen LogP contribution is -2.36. The van der Waals surface area contributed by atoms with Gasteiger partial charge in [0.25, 0.3) is 17.5 Å². The number of nitro benzene ring substituents is 1. The molecule has 0 aliphatic carbocycles. The summed E-state index contributed by atoms with van der Waals surface area (Å²) in [5, 5.41) is 13.5. The zero-order valence-corrected chi connectivity index (χ0v) is 16.0. The van der Waals surface area contributed by atoms with E-state index in [9.17, 15) is 19.7 Å². The van der Waals surface area contributed by atoms with E-state index in [2.05, 4.69) is 5.32 Å². The van der Waals surface area contributed by atoms with Crippen LogP contribution in [-0.2, 0) is 4.79 Å². The van der Waals surface area contributed by atoms with Gasteiger partial charge in [0.1, 0.15) is 11.4 Å². The molecule has 2 aromatic rings. The number of hydrogen-bond donors (Lipinski definition) is 1. The summed E-state index contributed by atoms with van der Waals surface area (Å²) in [5.74, 6) is -0.221. The molecular formula is C21H21N3O5. The van der Waals surface area contributed by atoms with Gasteiger partial charge in [-0.2, -0.15) is 0 Å². The molecule has 1 aliphatic heterocycles. The van der Waals surface area contributed by atoms with Crippen LogP contribution in [0, 0.1) is 10.1 Å². The molecule has 29 heavy (non-hydrogen) atoms. The first-order valence-electron chi connectivity index (χ1n) is 9.19. The molecule has 1 fully saturated rings. The number of hydrogen-bond acceptors (Lipinski definition) is 5. The number of nitrogens with zero attached hydrogens (tertiary/aromatic N) is 2. The van der Waals surface area contributed by atoms with Crippen LogP contribution in [0.5, 0.6) is 5.75 Å². The topological polar surface area (TPSA) is 102 Å². The molecule has 0 atom stereocenters. The van der Waals surface area contributed by atoms with Gasteiger partial charge in [0.05, 0.1) is 12.0 Å². The van der Waals surface area contributed by atoms with Crippen molar-refractivity contribution in [3.63, 3.8) is 0 Å². The minimum atomic E-state index is -0.536. The number of benzene rings is 2. The molecule has 0 aromatic heterocycles. The molecule has 2 amide bonds. The third-order valence-electron chi connectivity index (χ3n) is 4.65. The van der Waals surface area contributed by atoms with Crippen LogP contribution in [0.15, 0.2) is 54.2 Å². The van der Waals surface area contributed by atoms with Gasteiger partial charge in [-0.25, -0.2) is 0 Å². The van der Waals surface area contributed by atoms with E-state index in [-0.39, 0.29) is 22.9 Å². The zero-order chi connectivity index (χ0) is 20.8. The molecule has 0 radical (unpaired) electrons. The van der Waals surface area contributed by atoms with Gasteiger partial charge >= 0.3 is 0 Å². The molecular weight excluding hydrogens is 374 g/mol. The number of rotatable bonds is 6. The molecule has 1 N–H and O–H groups in total. The molecule has 1 aliphatic rings. The summed E-state index contributed by atoms with van der Waals surface area (Å²) >= 11 is 0. The minimum absolute atomic E-state index is 0.112. The first-order chi connectivity index (χ1) is 14.0. The van der Waals surface area contributed by atoms with Crippen molar-refractivity contribution in [2.75, 3.05) is 20.2 Å². The Morgan fingerprint density at radius 1 is 1.10 bits per heavy atom. The number of methoxy groups -OCH3 is 1. The van der Waals surface area contributed by atoms with E-state index in [0.29, 0.717) is 24.4 Å². The molecule has 8 heteroatoms. The second kappa shape index (κ2) is 9.01. The summed E-state index contributed by atoms with van der Waals surface area (Å²) < 4.78 is 5.33. The van der Waals surface area contributed by atoms with Gasteiger partial charge in [-0.3, -0.25) is 19.7 Å². The van der Waals surface area contributed by atoms with Gasteiger partial charge in [0, 0.05) is 36.3 Å². The van der Waals surface area contributed by atoms with Crippen LogP contribution >= 0.6 is 0 Å². The number of carbonyl (C=O) groups excluding carboxylic acids is 2. The van der Waals surface area contributed by atoms with Gasteiger partial charge in [-0.05, 0) is 37.1 Å². The molecule has 2 aromatic carbocycles. The highest BCUT2D eigenvalue weighted by Crippen LogP contribution is 2.22. The van der Waals surface area contributed by atoms with Crippen molar-refractivity contribution < 1.29 is 19.2 Å². The molecule has 3 rings (SSSR count). The van der Waals surface area contributed by atoms with Crippen LogP contribution in [0.4, 0.5) is 5.69 Å². The number of amides is 2. The van der Waals surface area contributed by atoms with E-state index in [4.69, 9.17) is 4.74 Å². The lowest BCUT2D eigenvalue weighted by atomic mass is 10.1. The molecule has 0 saturated carbocycles. The lowest BCUT2D eigenvalue weighted by molar-refractivity contribution is -0.384. The Morgan fingerprint density at radius 3 is 2.38 bits per heavy atom. The van der Waals surface area contributed by atoms with Crippen LogP contribution < -0.4 is 10.1 Å². The highest BCUT2D eigenvalue weighted by atomic mass is 16.6. The third-order valence-corrected chi connectivity index (χ3v) is 4.65. The van der Waals surface area contributed by atoms with E-state index in [0.717, 1.165) is 12.8 Å². The molecule has 1 saturated heterocycles. The first kappa shape index (κ1) is 20.1. The maximum atomic E-state index is 13.0. The summed E-state index contributed by atoms with van der Waals surface area (Å²) in [6.07, 6.45) is 3.43. The van der Waals surface area contributed by atoms with Gasteiger partial charge in [0.15, 0.2) is 0 Å². The summed E-state index contributed by atoms with van der Waals surface area (Å²) in [6.45, 7) is 1.27. The summed E-state index contributed by atoms with van der Waals surface area (Å²) in [6, 6.07) is 12.4. The Balaban J connectivity index is 1.90. The lowest BCUT2D eigenvalue weighted by Gasteiger charge is -2.18. The normalized spacial score (nSPS) is 13.8. The van der Waals surface area contributed by atoms with Crippen molar-refractivity contribution in [1.82, 2.24) is 10.2 Å². The van der Waals surface area contributed by atoms with E-state index in [1.165, 1.54) is 31.4 Å². The number of nitro groups is 1. The highest BCUT2D eigenvalue weighted by Gasteiger charge is 2.24. The number of likely N-dealkylation sites (tertiary alicyclic amines) is 1. The smallest absolute Gasteiger partial charge is 0.270 e. The Labute approximate surface area is 167 Å². The molecule has 1 heterocycles. The molecule has 0 spiro atoms. The number of para-hydroxylation sites is 1. The van der Waals surface area contributed by atoms with E-state index < -0.39 is 10.8 Å². The van der Waals surface area contributed by atoms with Gasteiger partial charge < -0.3 is 15.0 Å². The Bertz CT molecular complexity index is 947. The van der Waals surface area contributed by atoms with Crippen LogP contribution in [-0.4, -0.2) is 41.8 Å². The predicted molar refractivity (Wildman–Crippen MR) is 107 cm³/mol. The number of non-ortho nitro benzene ring substituents is 1. The Hall–Kier alpha value is -3.68. The van der Waals surface area contributed by atoms with Crippen LogP contribution in [0.2, 0.25) is 0 Å². The Morgan fingerprint density at radius 2 is 1.76 bits per heavy atom. The average molecular weight is 395 g/mol. The van der Waals surface area contributed by atoms with Gasteiger partial charge in [0.2, 0.25) is 0 Å². The van der Waals surface area contributed by atoms with Crippen LogP contribution in [0.3, 0.4) is 0 Å². The van der Waals surface area contributed by atoms with E-state index in [1.54, 1.807) is 23.1 Å². The van der Waals surface area contributed by atoms with E-state index in [1.807, 2.05) is 12.1 Å². The third kappa shape index (κ3) is 4.78. The first-order valence-corrected chi connectivity index (χ1v) is 9.19. The summed E-state index contributed by atoms with van der Waals surface area (Å²) in [7, 11) is 1.53. The minimum Gasteiger partial charge on any atom is -0.496 e. The molecule has 150 valence electrons. The van der Waals surface area contributed by atoms with Gasteiger partial charge in [-0.1, -0.05) is 18.2 Å². The van der Waals surface area contributed by atoms with Crippen LogP contribution in [0.25, 0.3) is 6.08 Å². The Kier molecular flexibility index (Phi) is 6.23. The fourth-order valence-corrected chi connectivity index (χ4v) is 3.11. The van der Waals surface area contributed by atoms with Crippen molar-refractivity contribution in [3.05, 3.63) is 75.5 Å². The fraction of sp³-hybridized carbons (Fsp3) is 0.238. The second-order valence-corrected chi connectivity index (χ2v) is 6.56. The zero-order valence-electron chi connectivity index (χ0n) is 16.0. The largest absolute Gasteiger partial charge is 0.496 e. The number of nitrogens with one attached hydrogen (secondary N) is 1. The second-order valence-electron chi connectivity index (χ2n) is 6.56. The molecule has 8 nitrogen and oxygen atoms in total. The van der Waals surface area contributed by atoms with E-state index >= 15 is 0 Å². The van der Waals surface area contributed by atoms with Crippen molar-refractivity contribution in [3.8, 4) is 5.75 Å². The molecule has 0 bridgehead atoms. The number of ether oxygens (including phenoxy) is 1. The predicted octanol–water partition coefficient (Wildman–Crippen LogP) is 3.00. The molecule has 0 unspecified atom stereocenters. The maximum absolute atomic E-state index is 13.0. The monoisotopic (exact) mass is 395 g/mol. The fourth-order valence-electron chi connectivity index (χ4n) is 3.11. The van der Waals surface area contributed by atoms with Crippen molar-refractivity contribution in [1.29, 1.82) is 0 Å². The average Bonchev–Trinajstić information content (AvgIpc) is 3.28. The van der Waals surface area contributed by atoms with Crippen molar-refractivity contribution >= 4 is 23.6 Å². The maximum Gasteiger partial charge on any atom is 0.270 e. The SMILES string of the molecule is COc1ccccc1/C=C(/NC(=O)c1ccc([N+](=O)[O-])cc1)C(=O)N1CCCC1. The van der Waals surface area contributed by atoms with Crippen LogP contribution in [0.1, 0.15) is 28.8 Å². The summed E-state index contributed by atoms with van der Waals surface area (Å²) in [4.78, 5) is 37.6. The summed E-state index contributed by atoms with van der Waals surface area (Å²) in [5.41, 5.74) is 0.886. The highest BCUT2D eigenvalue weighted by molar-refractivity contribution is 6.05. The van der Waals surface area contributed by atoms with Gasteiger partial charge in [-0.15, -0.1) is 0 Å². The quantitative estimate of drug-likeness (QED) is 0.460. The number of carbonyl (C=O) groups is 2. The van der Waals surface area contributed by atoms with Crippen molar-refractivity contribution in [2.45, 2.75) is 12.8 Å².